The molecule has 148 valence electrons. The molecule has 0 atom stereocenters. The molecule has 0 saturated carbocycles. The van der Waals surface area contributed by atoms with Crippen LogP contribution in [0.4, 0.5) is 5.69 Å². The number of fused-ring (bicyclic) bond motifs is 2. The third-order valence-electron chi connectivity index (χ3n) is 4.85. The highest BCUT2D eigenvalue weighted by atomic mass is 16.6. The summed E-state index contributed by atoms with van der Waals surface area (Å²) >= 11 is 0. The average Bonchev–Trinajstić information content (AvgIpc) is 2.80. The molecule has 0 spiro atoms. The van der Waals surface area contributed by atoms with Crippen LogP contribution in [0.3, 0.4) is 0 Å². The lowest BCUT2D eigenvalue weighted by atomic mass is 10.1. The van der Waals surface area contributed by atoms with E-state index in [0.717, 1.165) is 0 Å². The monoisotopic (exact) mass is 399 g/mol. The topological polar surface area (TPSA) is 85.9 Å². The number of benzene rings is 2. The quantitative estimate of drug-likeness (QED) is 0.532. The van der Waals surface area contributed by atoms with Crippen molar-refractivity contribution in [3.8, 4) is 23.2 Å². The zero-order valence-electron chi connectivity index (χ0n) is 15.9. The Morgan fingerprint density at radius 2 is 1.73 bits per heavy atom. The summed E-state index contributed by atoms with van der Waals surface area (Å²) < 4.78 is 12.3. The second kappa shape index (κ2) is 7.36. The normalized spacial score (nSPS) is 13.1. The third-order valence-corrected chi connectivity index (χ3v) is 4.85. The van der Waals surface area contributed by atoms with Crippen LogP contribution in [0.1, 0.15) is 5.56 Å². The molecule has 2 aromatic heterocycles. The van der Waals surface area contributed by atoms with Gasteiger partial charge >= 0.3 is 0 Å². The Morgan fingerprint density at radius 3 is 2.53 bits per heavy atom. The van der Waals surface area contributed by atoms with Crippen LogP contribution in [0, 0.1) is 0 Å². The van der Waals surface area contributed by atoms with Gasteiger partial charge in [-0.2, -0.15) is 0 Å². The summed E-state index contributed by atoms with van der Waals surface area (Å²) in [4.78, 5) is 21.7. The van der Waals surface area contributed by atoms with Crippen LogP contribution in [-0.4, -0.2) is 34.1 Å². The van der Waals surface area contributed by atoms with Crippen molar-refractivity contribution in [3.63, 3.8) is 0 Å². The van der Waals surface area contributed by atoms with Crippen LogP contribution >= 0.6 is 0 Å². The Morgan fingerprint density at radius 1 is 0.967 bits per heavy atom. The molecule has 1 aliphatic heterocycles. The molecule has 2 aromatic carbocycles. The lowest BCUT2D eigenvalue weighted by Crippen LogP contribution is -2.20. The van der Waals surface area contributed by atoms with Gasteiger partial charge in [0.1, 0.15) is 19.0 Å². The van der Waals surface area contributed by atoms with Gasteiger partial charge in [-0.05, 0) is 30.3 Å². The van der Waals surface area contributed by atoms with Crippen molar-refractivity contribution in [3.05, 3.63) is 82.8 Å². The highest BCUT2D eigenvalue weighted by Crippen LogP contribution is 2.34. The molecule has 7 heteroatoms. The molecule has 30 heavy (non-hydrogen) atoms. The smallest absolute Gasteiger partial charge is 0.267 e. The van der Waals surface area contributed by atoms with Gasteiger partial charge in [-0.1, -0.05) is 24.3 Å². The molecule has 0 bridgehead atoms. The first kappa shape index (κ1) is 17.9. The van der Waals surface area contributed by atoms with Crippen molar-refractivity contribution in [2.75, 3.05) is 13.2 Å². The van der Waals surface area contributed by atoms with Crippen molar-refractivity contribution in [1.29, 1.82) is 0 Å². The van der Waals surface area contributed by atoms with E-state index in [0.29, 0.717) is 52.6 Å². The first-order valence-corrected chi connectivity index (χ1v) is 9.44. The van der Waals surface area contributed by atoms with E-state index in [1.54, 1.807) is 67.0 Å². The number of nitrogens with zero attached hydrogens (tertiary/aromatic N) is 3. The lowest BCUT2D eigenvalue weighted by Gasteiger charge is -2.18. The molecule has 0 unspecified atom stereocenters. The van der Waals surface area contributed by atoms with Crippen LogP contribution in [0.2, 0.25) is 0 Å². The van der Waals surface area contributed by atoms with Crippen LogP contribution in [-0.2, 0) is 0 Å². The highest BCUT2D eigenvalue weighted by molar-refractivity contribution is 6.02. The fourth-order valence-electron chi connectivity index (χ4n) is 3.44. The van der Waals surface area contributed by atoms with Gasteiger partial charge in [0, 0.05) is 29.3 Å². The summed E-state index contributed by atoms with van der Waals surface area (Å²) in [5, 5.41) is 12.0. The van der Waals surface area contributed by atoms with Crippen molar-refractivity contribution in [2.45, 2.75) is 0 Å². The Labute approximate surface area is 171 Å². The van der Waals surface area contributed by atoms with E-state index in [9.17, 15) is 9.90 Å². The zero-order valence-corrected chi connectivity index (χ0v) is 15.9. The van der Waals surface area contributed by atoms with Gasteiger partial charge < -0.3 is 14.6 Å². The molecular weight excluding hydrogens is 382 g/mol. The summed E-state index contributed by atoms with van der Waals surface area (Å²) in [5.41, 5.74) is 0.710. The minimum Gasteiger partial charge on any atom is -0.494 e. The standard InChI is InChI=1S/C23H17N3O4/c27-22-17-6-2-1-5-16(17)18(23(28)26(22)21-7-3-4-10-24-21)14-25-15-8-9-19-20(13-15)30-12-11-29-19/h1-10,13-14,28H,11-12H2. The van der Waals surface area contributed by atoms with E-state index in [2.05, 4.69) is 9.98 Å². The largest absolute Gasteiger partial charge is 0.494 e. The van der Waals surface area contributed by atoms with Crippen LogP contribution in [0.5, 0.6) is 17.4 Å². The minimum atomic E-state index is -0.349. The number of hydrogen-bond donors (Lipinski definition) is 1. The molecular formula is C23H17N3O4. The maximum atomic E-state index is 13.0. The second-order valence-corrected chi connectivity index (χ2v) is 6.70. The Hall–Kier alpha value is -4.13. The molecule has 0 saturated heterocycles. The number of hydrogen-bond acceptors (Lipinski definition) is 6. The second-order valence-electron chi connectivity index (χ2n) is 6.70. The molecule has 0 fully saturated rings. The SMILES string of the molecule is O=c1c2ccccc2c(C=Nc2ccc3c(c2)OCCO3)c(O)n1-c1ccccn1. The van der Waals surface area contributed by atoms with E-state index >= 15 is 0 Å². The summed E-state index contributed by atoms with van der Waals surface area (Å²) in [6, 6.07) is 17.6. The van der Waals surface area contributed by atoms with E-state index in [1.165, 1.54) is 4.57 Å². The van der Waals surface area contributed by atoms with Gasteiger partial charge in [-0.3, -0.25) is 9.79 Å². The molecule has 0 aliphatic carbocycles. The summed E-state index contributed by atoms with van der Waals surface area (Å²) in [6.07, 6.45) is 3.11. The van der Waals surface area contributed by atoms with Gasteiger partial charge in [0.25, 0.3) is 5.56 Å². The fourth-order valence-corrected chi connectivity index (χ4v) is 3.44. The molecule has 1 aliphatic rings. The van der Waals surface area contributed by atoms with Gasteiger partial charge in [0.15, 0.2) is 11.5 Å². The van der Waals surface area contributed by atoms with Crippen molar-refractivity contribution in [2.24, 2.45) is 4.99 Å². The first-order valence-electron chi connectivity index (χ1n) is 9.44. The fraction of sp³-hybridized carbons (Fsp3) is 0.0870. The average molecular weight is 399 g/mol. The molecule has 5 rings (SSSR count). The minimum absolute atomic E-state index is 0.223. The predicted octanol–water partition coefficient (Wildman–Crippen LogP) is 3.61. The lowest BCUT2D eigenvalue weighted by molar-refractivity contribution is 0.171. The predicted molar refractivity (Wildman–Crippen MR) is 114 cm³/mol. The summed E-state index contributed by atoms with van der Waals surface area (Å²) in [6.45, 7) is 1.01. The van der Waals surface area contributed by atoms with Crippen molar-refractivity contribution < 1.29 is 14.6 Å². The summed E-state index contributed by atoms with van der Waals surface area (Å²) in [5.74, 6) is 1.42. The Kier molecular flexibility index (Phi) is 4.40. The van der Waals surface area contributed by atoms with Crippen molar-refractivity contribution in [1.82, 2.24) is 9.55 Å². The molecule has 4 aromatic rings. The van der Waals surface area contributed by atoms with Gasteiger partial charge in [0.05, 0.1) is 11.3 Å². The number of aliphatic imine (C=N–C) groups is 1. The zero-order chi connectivity index (χ0) is 20.5. The highest BCUT2D eigenvalue weighted by Gasteiger charge is 2.17. The number of pyridine rings is 2. The van der Waals surface area contributed by atoms with Crippen LogP contribution < -0.4 is 15.0 Å². The Bertz CT molecular complexity index is 1330. The van der Waals surface area contributed by atoms with Crippen molar-refractivity contribution >= 4 is 22.7 Å². The Balaban J connectivity index is 1.67. The van der Waals surface area contributed by atoms with Gasteiger partial charge in [-0.25, -0.2) is 9.55 Å². The van der Waals surface area contributed by atoms with Gasteiger partial charge in [0.2, 0.25) is 5.88 Å². The van der Waals surface area contributed by atoms with Crippen LogP contribution in [0.25, 0.3) is 16.6 Å². The molecule has 7 nitrogen and oxygen atoms in total. The maximum absolute atomic E-state index is 13.0. The number of rotatable bonds is 3. The molecule has 0 radical (unpaired) electrons. The molecule has 1 N–H and O–H groups in total. The number of ether oxygens (including phenoxy) is 2. The third kappa shape index (κ3) is 3.06. The number of aromatic nitrogens is 2. The number of aromatic hydroxyl groups is 1. The van der Waals surface area contributed by atoms with E-state index in [1.807, 2.05) is 6.07 Å². The summed E-state index contributed by atoms with van der Waals surface area (Å²) in [7, 11) is 0. The van der Waals surface area contributed by atoms with E-state index in [-0.39, 0.29) is 11.4 Å². The van der Waals surface area contributed by atoms with Gasteiger partial charge in [-0.15, -0.1) is 0 Å². The maximum Gasteiger partial charge on any atom is 0.267 e. The molecule has 0 amide bonds. The van der Waals surface area contributed by atoms with Crippen LogP contribution in [0.15, 0.2) is 76.6 Å². The van der Waals surface area contributed by atoms with E-state index in [4.69, 9.17) is 9.47 Å². The molecule has 3 heterocycles. The van der Waals surface area contributed by atoms with E-state index < -0.39 is 0 Å². The first-order chi connectivity index (χ1) is 14.7.